The molecule has 0 aromatic heterocycles. The molecule has 1 atom stereocenters. The van der Waals surface area contributed by atoms with Gasteiger partial charge in [0.2, 0.25) is 0 Å². The van der Waals surface area contributed by atoms with Gasteiger partial charge in [0.15, 0.2) is 5.78 Å². The van der Waals surface area contributed by atoms with Gasteiger partial charge in [-0.2, -0.15) is 0 Å². The molecule has 86 valence electrons. The van der Waals surface area contributed by atoms with Crippen molar-refractivity contribution in [3.63, 3.8) is 0 Å². The number of rotatable bonds is 3. The lowest BCUT2D eigenvalue weighted by atomic mass is 10.0. The zero-order chi connectivity index (χ0) is 12.3. The molecule has 0 aliphatic rings. The fraction of sp³-hybridized carbons (Fsp3) is 0.0714. The van der Waals surface area contributed by atoms with Crippen LogP contribution in [0.2, 0.25) is 0 Å². The lowest BCUT2D eigenvalue weighted by molar-refractivity contribution is 0.0747. The first-order valence-corrected chi connectivity index (χ1v) is 6.00. The number of halogens is 1. The molecule has 0 bridgehead atoms. The van der Waals surface area contributed by atoms with Crippen LogP contribution in [0.15, 0.2) is 59.1 Å². The first kappa shape index (κ1) is 12.0. The summed E-state index contributed by atoms with van der Waals surface area (Å²) in [6, 6.07) is 15.9. The summed E-state index contributed by atoms with van der Waals surface area (Å²) in [5, 5.41) is 10.00. The third kappa shape index (κ3) is 2.81. The monoisotopic (exact) mass is 290 g/mol. The van der Waals surface area contributed by atoms with Gasteiger partial charge in [-0.15, -0.1) is 0 Å². The number of hydrogen-bond acceptors (Lipinski definition) is 2. The standard InChI is InChI=1S/C14H11BrO2/c15-12-8-4-7-11(9-12)14(17)13(16)10-5-2-1-3-6-10/h1-9,14,17H. The quantitative estimate of drug-likeness (QED) is 0.880. The fourth-order valence-corrected chi connectivity index (χ4v) is 2.01. The Labute approximate surface area is 108 Å². The first-order valence-electron chi connectivity index (χ1n) is 5.21. The number of Topliss-reactive ketones (excluding diaryl/α,β-unsaturated/α-hetero) is 1. The summed E-state index contributed by atoms with van der Waals surface area (Å²) in [7, 11) is 0. The van der Waals surface area contributed by atoms with Crippen molar-refractivity contribution in [2.75, 3.05) is 0 Å². The van der Waals surface area contributed by atoms with E-state index in [0.717, 1.165) is 4.47 Å². The van der Waals surface area contributed by atoms with Crippen LogP contribution in [0.4, 0.5) is 0 Å². The molecule has 0 aliphatic carbocycles. The van der Waals surface area contributed by atoms with Crippen molar-refractivity contribution >= 4 is 21.7 Å². The molecule has 0 saturated heterocycles. The number of benzene rings is 2. The van der Waals surface area contributed by atoms with Gasteiger partial charge in [0.25, 0.3) is 0 Å². The first-order chi connectivity index (χ1) is 8.18. The molecule has 2 nitrogen and oxygen atoms in total. The van der Waals surface area contributed by atoms with E-state index in [0.29, 0.717) is 11.1 Å². The minimum absolute atomic E-state index is 0.288. The van der Waals surface area contributed by atoms with Gasteiger partial charge in [-0.25, -0.2) is 0 Å². The second-order valence-electron chi connectivity index (χ2n) is 3.69. The topological polar surface area (TPSA) is 37.3 Å². The molecule has 0 fully saturated rings. The Morgan fingerprint density at radius 2 is 1.76 bits per heavy atom. The Bertz CT molecular complexity index is 523. The SMILES string of the molecule is O=C(c1ccccc1)C(O)c1cccc(Br)c1. The Hall–Kier alpha value is -1.45. The Balaban J connectivity index is 2.27. The molecule has 0 radical (unpaired) electrons. The van der Waals surface area contributed by atoms with Crippen LogP contribution in [0, 0.1) is 0 Å². The molecule has 0 aliphatic heterocycles. The summed E-state index contributed by atoms with van der Waals surface area (Å²) >= 11 is 3.31. The highest BCUT2D eigenvalue weighted by atomic mass is 79.9. The number of carbonyl (C=O) groups is 1. The maximum Gasteiger partial charge on any atom is 0.195 e. The number of aliphatic hydroxyl groups is 1. The molecule has 0 amide bonds. The van der Waals surface area contributed by atoms with Crippen LogP contribution in [-0.2, 0) is 0 Å². The van der Waals surface area contributed by atoms with Gasteiger partial charge in [-0.1, -0.05) is 58.4 Å². The van der Waals surface area contributed by atoms with Gasteiger partial charge in [0.1, 0.15) is 6.10 Å². The van der Waals surface area contributed by atoms with Gasteiger partial charge in [0.05, 0.1) is 0 Å². The van der Waals surface area contributed by atoms with Crippen molar-refractivity contribution in [2.45, 2.75) is 6.10 Å². The van der Waals surface area contributed by atoms with E-state index in [1.807, 2.05) is 12.1 Å². The van der Waals surface area contributed by atoms with Crippen LogP contribution >= 0.6 is 15.9 Å². The lowest BCUT2D eigenvalue weighted by Crippen LogP contribution is -2.12. The average Bonchev–Trinajstić information content (AvgIpc) is 2.38. The minimum atomic E-state index is -1.12. The Morgan fingerprint density at radius 1 is 1.06 bits per heavy atom. The summed E-state index contributed by atoms with van der Waals surface area (Å²) in [6.45, 7) is 0. The van der Waals surface area contributed by atoms with E-state index >= 15 is 0 Å². The van der Waals surface area contributed by atoms with Crippen LogP contribution in [0.1, 0.15) is 22.0 Å². The van der Waals surface area contributed by atoms with Gasteiger partial charge in [-0.3, -0.25) is 4.79 Å². The van der Waals surface area contributed by atoms with Crippen LogP contribution in [0.3, 0.4) is 0 Å². The third-order valence-corrected chi connectivity index (χ3v) is 2.96. The second-order valence-corrected chi connectivity index (χ2v) is 4.60. The highest BCUT2D eigenvalue weighted by Crippen LogP contribution is 2.21. The van der Waals surface area contributed by atoms with Crippen LogP contribution < -0.4 is 0 Å². The van der Waals surface area contributed by atoms with Gasteiger partial charge in [-0.05, 0) is 17.7 Å². The molecule has 0 spiro atoms. The zero-order valence-corrected chi connectivity index (χ0v) is 10.6. The number of ketones is 1. The van der Waals surface area contributed by atoms with E-state index in [-0.39, 0.29) is 5.78 Å². The van der Waals surface area contributed by atoms with Crippen molar-refractivity contribution in [3.8, 4) is 0 Å². The van der Waals surface area contributed by atoms with Crippen molar-refractivity contribution in [2.24, 2.45) is 0 Å². The molecule has 0 saturated carbocycles. The summed E-state index contributed by atoms with van der Waals surface area (Å²) < 4.78 is 0.843. The molecule has 1 N–H and O–H groups in total. The normalized spacial score (nSPS) is 12.1. The van der Waals surface area contributed by atoms with Crippen LogP contribution in [-0.4, -0.2) is 10.9 Å². The van der Waals surface area contributed by atoms with Gasteiger partial charge >= 0.3 is 0 Å². The fourth-order valence-electron chi connectivity index (χ4n) is 1.59. The molecule has 1 unspecified atom stereocenters. The highest BCUT2D eigenvalue weighted by molar-refractivity contribution is 9.10. The molecular formula is C14H11BrO2. The summed E-state index contributed by atoms with van der Waals surface area (Å²) in [5.41, 5.74) is 1.10. The summed E-state index contributed by atoms with van der Waals surface area (Å²) in [4.78, 5) is 12.0. The summed E-state index contributed by atoms with van der Waals surface area (Å²) in [6.07, 6.45) is -1.12. The predicted molar refractivity (Wildman–Crippen MR) is 69.9 cm³/mol. The predicted octanol–water partition coefficient (Wildman–Crippen LogP) is 3.37. The lowest BCUT2D eigenvalue weighted by Gasteiger charge is -2.10. The van der Waals surface area contributed by atoms with Crippen LogP contribution in [0.5, 0.6) is 0 Å². The largest absolute Gasteiger partial charge is 0.380 e. The maximum atomic E-state index is 12.0. The molecular weight excluding hydrogens is 280 g/mol. The average molecular weight is 291 g/mol. The molecule has 3 heteroatoms. The smallest absolute Gasteiger partial charge is 0.195 e. The molecule has 2 rings (SSSR count). The second kappa shape index (κ2) is 5.25. The van der Waals surface area contributed by atoms with E-state index in [1.54, 1.807) is 42.5 Å². The van der Waals surface area contributed by atoms with E-state index in [4.69, 9.17) is 0 Å². The van der Waals surface area contributed by atoms with Crippen molar-refractivity contribution in [1.82, 2.24) is 0 Å². The third-order valence-electron chi connectivity index (χ3n) is 2.47. The molecule has 17 heavy (non-hydrogen) atoms. The van der Waals surface area contributed by atoms with E-state index < -0.39 is 6.10 Å². The van der Waals surface area contributed by atoms with Gasteiger partial charge in [0, 0.05) is 10.0 Å². The maximum absolute atomic E-state index is 12.0. The number of hydrogen-bond donors (Lipinski definition) is 1. The number of carbonyl (C=O) groups excluding carboxylic acids is 1. The van der Waals surface area contributed by atoms with Crippen molar-refractivity contribution in [1.29, 1.82) is 0 Å². The van der Waals surface area contributed by atoms with Crippen molar-refractivity contribution in [3.05, 3.63) is 70.2 Å². The number of aliphatic hydroxyl groups excluding tert-OH is 1. The minimum Gasteiger partial charge on any atom is -0.380 e. The Morgan fingerprint density at radius 3 is 2.41 bits per heavy atom. The van der Waals surface area contributed by atoms with Gasteiger partial charge < -0.3 is 5.11 Å². The zero-order valence-electron chi connectivity index (χ0n) is 9.01. The Kier molecular flexibility index (Phi) is 3.71. The molecule has 2 aromatic carbocycles. The van der Waals surface area contributed by atoms with E-state index in [2.05, 4.69) is 15.9 Å². The van der Waals surface area contributed by atoms with E-state index in [1.165, 1.54) is 0 Å². The molecule has 2 aromatic rings. The molecule has 0 heterocycles. The highest BCUT2D eigenvalue weighted by Gasteiger charge is 2.18. The van der Waals surface area contributed by atoms with E-state index in [9.17, 15) is 9.90 Å². The van der Waals surface area contributed by atoms with Crippen LogP contribution in [0.25, 0.3) is 0 Å². The van der Waals surface area contributed by atoms with Crippen molar-refractivity contribution < 1.29 is 9.90 Å². The summed E-state index contributed by atoms with van der Waals surface area (Å²) in [5.74, 6) is -0.288.